The van der Waals surface area contributed by atoms with Gasteiger partial charge in [0.15, 0.2) is 0 Å². The molecule has 2 saturated heterocycles. The van der Waals surface area contributed by atoms with Crippen LogP contribution in [0.3, 0.4) is 0 Å². The summed E-state index contributed by atoms with van der Waals surface area (Å²) in [6, 6.07) is 11.3. The molecule has 6 nitrogen and oxygen atoms in total. The smallest absolute Gasteiger partial charge is 0.407 e. The van der Waals surface area contributed by atoms with E-state index in [2.05, 4.69) is 47.9 Å². The number of carboxylic acid groups (broad SMARTS) is 1. The number of morpholine rings is 1. The molecule has 26 heavy (non-hydrogen) atoms. The molecule has 1 amide bonds. The fraction of sp³-hybridized carbons (Fsp3) is 0.650. The second-order valence-electron chi connectivity index (χ2n) is 7.79. The summed E-state index contributed by atoms with van der Waals surface area (Å²) in [5.41, 5.74) is 1.27. The lowest BCUT2D eigenvalue weighted by molar-refractivity contribution is -0.0594. The van der Waals surface area contributed by atoms with E-state index in [0.717, 1.165) is 32.8 Å². The van der Waals surface area contributed by atoms with Gasteiger partial charge in [-0.15, -0.1) is 0 Å². The highest BCUT2D eigenvalue weighted by Gasteiger charge is 2.37. The molecule has 0 unspecified atom stereocenters. The molecule has 6 heteroatoms. The third-order valence-corrected chi connectivity index (χ3v) is 5.70. The van der Waals surface area contributed by atoms with E-state index in [1.807, 2.05) is 13.0 Å². The van der Waals surface area contributed by atoms with Gasteiger partial charge in [0, 0.05) is 50.3 Å². The minimum atomic E-state index is -0.815. The maximum Gasteiger partial charge on any atom is 0.407 e. The molecule has 2 heterocycles. The van der Waals surface area contributed by atoms with Crippen LogP contribution in [0, 0.1) is 0 Å². The van der Waals surface area contributed by atoms with Gasteiger partial charge in [-0.1, -0.05) is 30.3 Å². The molecule has 0 radical (unpaired) electrons. The number of piperazine rings is 1. The summed E-state index contributed by atoms with van der Waals surface area (Å²) in [6.07, 6.45) is -0.815. The Kier molecular flexibility index (Phi) is 6.16. The molecule has 4 atom stereocenters. The number of amides is 1. The minimum Gasteiger partial charge on any atom is -0.465 e. The summed E-state index contributed by atoms with van der Waals surface area (Å²) in [5, 5.41) is 9.59. The number of rotatable bonds is 4. The van der Waals surface area contributed by atoms with Crippen LogP contribution in [-0.2, 0) is 11.3 Å². The maximum absolute atomic E-state index is 11.7. The Bertz CT molecular complexity index is 587. The first kappa shape index (κ1) is 19.1. The highest BCUT2D eigenvalue weighted by molar-refractivity contribution is 5.65. The highest BCUT2D eigenvalue weighted by atomic mass is 16.5. The van der Waals surface area contributed by atoms with Crippen LogP contribution < -0.4 is 0 Å². The largest absolute Gasteiger partial charge is 0.465 e. The molecular weight excluding hydrogens is 330 g/mol. The van der Waals surface area contributed by atoms with Gasteiger partial charge in [0.25, 0.3) is 0 Å². The molecule has 1 N–H and O–H groups in total. The van der Waals surface area contributed by atoms with Crippen LogP contribution in [0.1, 0.15) is 26.3 Å². The highest BCUT2D eigenvalue weighted by Crippen LogP contribution is 2.22. The zero-order valence-corrected chi connectivity index (χ0v) is 16.0. The van der Waals surface area contributed by atoms with Gasteiger partial charge in [-0.25, -0.2) is 4.79 Å². The van der Waals surface area contributed by atoms with Crippen molar-refractivity contribution >= 4 is 6.09 Å². The Morgan fingerprint density at radius 3 is 2.35 bits per heavy atom. The lowest BCUT2D eigenvalue weighted by atomic mass is 10.0. The van der Waals surface area contributed by atoms with Crippen LogP contribution in [0.25, 0.3) is 0 Å². The van der Waals surface area contributed by atoms with E-state index in [0.29, 0.717) is 18.6 Å². The van der Waals surface area contributed by atoms with Crippen molar-refractivity contribution in [2.24, 2.45) is 0 Å². The standard InChI is InChI=1S/C20H31N3O3/c1-15-9-21(10-18-7-5-4-6-8-18)19(12-23(15)20(24)25)11-22-16(2)13-26-14-17(22)3/h4-8,15-17,19H,9-14H2,1-3H3,(H,24,25)/t15-,16-,17-,19+/m1/s1. The van der Waals surface area contributed by atoms with Crippen LogP contribution in [0.5, 0.6) is 0 Å². The van der Waals surface area contributed by atoms with Crippen molar-refractivity contribution < 1.29 is 14.6 Å². The summed E-state index contributed by atoms with van der Waals surface area (Å²) >= 11 is 0. The van der Waals surface area contributed by atoms with Gasteiger partial charge in [-0.3, -0.25) is 9.80 Å². The lowest BCUT2D eigenvalue weighted by Crippen LogP contribution is -2.63. The number of benzene rings is 1. The Morgan fingerprint density at radius 2 is 1.73 bits per heavy atom. The van der Waals surface area contributed by atoms with E-state index in [1.54, 1.807) is 4.90 Å². The fourth-order valence-electron chi connectivity index (χ4n) is 4.20. The predicted molar refractivity (Wildman–Crippen MR) is 101 cm³/mol. The molecule has 0 aromatic heterocycles. The van der Waals surface area contributed by atoms with Gasteiger partial charge in [0.05, 0.1) is 13.2 Å². The lowest BCUT2D eigenvalue weighted by Gasteiger charge is -2.48. The molecule has 3 rings (SSSR count). The average Bonchev–Trinajstić information content (AvgIpc) is 2.60. The van der Waals surface area contributed by atoms with Crippen LogP contribution in [-0.4, -0.2) is 82.9 Å². The SMILES string of the molecule is C[C@@H]1CN(Cc2ccccc2)[C@@H](CN2[C@H](C)COC[C@H]2C)CN1C(=O)O. The molecular formula is C20H31N3O3. The van der Waals surface area contributed by atoms with Gasteiger partial charge in [-0.2, -0.15) is 0 Å². The molecule has 0 spiro atoms. The molecule has 2 fully saturated rings. The molecule has 1 aromatic rings. The summed E-state index contributed by atoms with van der Waals surface area (Å²) in [4.78, 5) is 18.2. The zero-order valence-electron chi connectivity index (χ0n) is 16.0. The second kappa shape index (κ2) is 8.37. The molecule has 0 aliphatic carbocycles. The van der Waals surface area contributed by atoms with Gasteiger partial charge in [0.2, 0.25) is 0 Å². The van der Waals surface area contributed by atoms with Gasteiger partial charge in [0.1, 0.15) is 0 Å². The fourth-order valence-corrected chi connectivity index (χ4v) is 4.20. The van der Waals surface area contributed by atoms with E-state index >= 15 is 0 Å². The van der Waals surface area contributed by atoms with Crippen LogP contribution in [0.4, 0.5) is 4.79 Å². The first-order chi connectivity index (χ1) is 12.5. The normalized spacial score (nSPS) is 31.1. The van der Waals surface area contributed by atoms with Gasteiger partial charge < -0.3 is 14.7 Å². The summed E-state index contributed by atoms with van der Waals surface area (Å²) in [7, 11) is 0. The summed E-state index contributed by atoms with van der Waals surface area (Å²) in [5.74, 6) is 0. The zero-order chi connectivity index (χ0) is 18.7. The number of hydrogen-bond acceptors (Lipinski definition) is 4. The Balaban J connectivity index is 1.77. The molecule has 2 aliphatic heterocycles. The van der Waals surface area contributed by atoms with E-state index in [1.165, 1.54) is 5.56 Å². The van der Waals surface area contributed by atoms with E-state index < -0.39 is 6.09 Å². The Labute approximate surface area is 156 Å². The quantitative estimate of drug-likeness (QED) is 0.892. The first-order valence-electron chi connectivity index (χ1n) is 9.56. The van der Waals surface area contributed by atoms with Crippen molar-refractivity contribution in [3.63, 3.8) is 0 Å². The van der Waals surface area contributed by atoms with Crippen LogP contribution in [0.15, 0.2) is 30.3 Å². The number of ether oxygens (including phenoxy) is 1. The van der Waals surface area contributed by atoms with Crippen molar-refractivity contribution in [2.75, 3.05) is 32.8 Å². The van der Waals surface area contributed by atoms with Crippen molar-refractivity contribution in [2.45, 2.75) is 51.5 Å². The Hall–Kier alpha value is -1.63. The minimum absolute atomic E-state index is 0.00648. The molecule has 1 aromatic carbocycles. The van der Waals surface area contributed by atoms with E-state index in [-0.39, 0.29) is 12.1 Å². The van der Waals surface area contributed by atoms with Crippen LogP contribution in [0.2, 0.25) is 0 Å². The number of carbonyl (C=O) groups is 1. The van der Waals surface area contributed by atoms with Crippen molar-refractivity contribution in [1.82, 2.24) is 14.7 Å². The Morgan fingerprint density at radius 1 is 1.08 bits per heavy atom. The average molecular weight is 361 g/mol. The van der Waals surface area contributed by atoms with Crippen molar-refractivity contribution in [1.29, 1.82) is 0 Å². The molecule has 2 aliphatic rings. The maximum atomic E-state index is 11.7. The third-order valence-electron chi connectivity index (χ3n) is 5.70. The first-order valence-corrected chi connectivity index (χ1v) is 9.56. The molecule has 0 bridgehead atoms. The monoisotopic (exact) mass is 361 g/mol. The van der Waals surface area contributed by atoms with E-state index in [9.17, 15) is 9.90 Å². The van der Waals surface area contributed by atoms with E-state index in [4.69, 9.17) is 4.74 Å². The topological polar surface area (TPSA) is 56.2 Å². The number of hydrogen-bond donors (Lipinski definition) is 1. The third kappa shape index (κ3) is 4.37. The number of nitrogens with zero attached hydrogens (tertiary/aromatic N) is 3. The van der Waals surface area contributed by atoms with Gasteiger partial charge >= 0.3 is 6.09 Å². The predicted octanol–water partition coefficient (Wildman–Crippen LogP) is 2.35. The second-order valence-corrected chi connectivity index (χ2v) is 7.79. The summed E-state index contributed by atoms with van der Waals surface area (Å²) < 4.78 is 5.65. The van der Waals surface area contributed by atoms with Crippen molar-refractivity contribution in [3.8, 4) is 0 Å². The summed E-state index contributed by atoms with van der Waals surface area (Å²) in [6.45, 7) is 10.9. The van der Waals surface area contributed by atoms with Crippen molar-refractivity contribution in [3.05, 3.63) is 35.9 Å². The van der Waals surface area contributed by atoms with Gasteiger partial charge in [-0.05, 0) is 26.3 Å². The molecule has 0 saturated carbocycles. The van der Waals surface area contributed by atoms with Crippen LogP contribution >= 0.6 is 0 Å². The molecule has 144 valence electrons.